The minimum absolute atomic E-state index is 0.0205. The normalized spacial score (nSPS) is 11.3. The number of hydrogen-bond acceptors (Lipinski definition) is 5. The van der Waals surface area contributed by atoms with E-state index in [-0.39, 0.29) is 23.1 Å². The van der Waals surface area contributed by atoms with Crippen LogP contribution in [0.15, 0.2) is 64.5 Å². The number of carbonyl (C=O) groups excluding carboxylic acids is 1. The molecule has 1 N–H and O–H groups in total. The maximum absolute atomic E-state index is 13.3. The van der Waals surface area contributed by atoms with E-state index >= 15 is 0 Å². The van der Waals surface area contributed by atoms with Crippen LogP contribution < -0.4 is 10.9 Å². The lowest BCUT2D eigenvalue weighted by Gasteiger charge is -2.15. The number of aryl methyl sites for hydroxylation is 2. The minimum atomic E-state index is -0.132. The summed E-state index contributed by atoms with van der Waals surface area (Å²) in [6, 6.07) is 17.7. The number of rotatable bonds is 7. The number of fused-ring (bicyclic) bond motifs is 1. The van der Waals surface area contributed by atoms with Crippen molar-refractivity contribution in [1.29, 1.82) is 0 Å². The van der Waals surface area contributed by atoms with Gasteiger partial charge < -0.3 is 5.32 Å². The standard InChI is InChI=1S/C26H27N3O2S2/c1-16(2)14-29-25(31)23-17(3)18(4)33-24(23)28-26(29)32-15-22(30)27-21-13-9-8-12-20(21)19-10-6-5-7-11-19/h5-13,16H,14-15H2,1-4H3,(H,27,30). The van der Waals surface area contributed by atoms with Crippen LogP contribution in [0.25, 0.3) is 21.3 Å². The zero-order chi connectivity index (χ0) is 23.5. The highest BCUT2D eigenvalue weighted by Gasteiger charge is 2.18. The van der Waals surface area contributed by atoms with Gasteiger partial charge in [0.2, 0.25) is 5.91 Å². The van der Waals surface area contributed by atoms with Crippen LogP contribution in [0.5, 0.6) is 0 Å². The van der Waals surface area contributed by atoms with Gasteiger partial charge in [-0.3, -0.25) is 14.2 Å². The van der Waals surface area contributed by atoms with Crippen molar-refractivity contribution < 1.29 is 4.79 Å². The number of amides is 1. The first-order valence-corrected chi connectivity index (χ1v) is 12.7. The van der Waals surface area contributed by atoms with E-state index in [2.05, 4.69) is 19.2 Å². The van der Waals surface area contributed by atoms with E-state index in [0.717, 1.165) is 32.1 Å². The van der Waals surface area contributed by atoms with Gasteiger partial charge in [0.25, 0.3) is 5.56 Å². The van der Waals surface area contributed by atoms with Crippen molar-refractivity contribution in [2.75, 3.05) is 11.1 Å². The highest BCUT2D eigenvalue weighted by atomic mass is 32.2. The maximum Gasteiger partial charge on any atom is 0.263 e. The molecular formula is C26H27N3O2S2. The van der Waals surface area contributed by atoms with Crippen LogP contribution in [-0.2, 0) is 11.3 Å². The first-order valence-electron chi connectivity index (χ1n) is 10.9. The van der Waals surface area contributed by atoms with Crippen LogP contribution in [-0.4, -0.2) is 21.2 Å². The Kier molecular flexibility index (Phi) is 7.00. The third-order valence-corrected chi connectivity index (χ3v) is 7.50. The lowest BCUT2D eigenvalue weighted by atomic mass is 10.0. The molecule has 0 aliphatic heterocycles. The van der Waals surface area contributed by atoms with Gasteiger partial charge in [-0.15, -0.1) is 11.3 Å². The van der Waals surface area contributed by atoms with Gasteiger partial charge in [-0.25, -0.2) is 4.98 Å². The average molecular weight is 478 g/mol. The number of nitrogens with zero attached hydrogens (tertiary/aromatic N) is 2. The molecule has 7 heteroatoms. The predicted molar refractivity (Wildman–Crippen MR) is 139 cm³/mol. The number of thioether (sulfide) groups is 1. The molecule has 4 rings (SSSR count). The number of carbonyl (C=O) groups is 1. The molecule has 0 aliphatic rings. The Morgan fingerprint density at radius 3 is 2.52 bits per heavy atom. The van der Waals surface area contributed by atoms with Crippen molar-refractivity contribution in [2.45, 2.75) is 39.4 Å². The van der Waals surface area contributed by atoms with Gasteiger partial charge >= 0.3 is 0 Å². The third-order valence-electron chi connectivity index (χ3n) is 5.42. The Hall–Kier alpha value is -2.90. The second kappa shape index (κ2) is 9.93. The van der Waals surface area contributed by atoms with Crippen LogP contribution in [0.4, 0.5) is 5.69 Å². The summed E-state index contributed by atoms with van der Waals surface area (Å²) in [5.41, 5.74) is 3.76. The minimum Gasteiger partial charge on any atom is -0.325 e. The highest BCUT2D eigenvalue weighted by Crippen LogP contribution is 2.30. The van der Waals surface area contributed by atoms with Gasteiger partial charge in [-0.1, -0.05) is 74.1 Å². The average Bonchev–Trinajstić information content (AvgIpc) is 3.08. The van der Waals surface area contributed by atoms with Gasteiger partial charge in [0, 0.05) is 22.7 Å². The van der Waals surface area contributed by atoms with Gasteiger partial charge in [-0.2, -0.15) is 0 Å². The first kappa shape index (κ1) is 23.3. The van der Waals surface area contributed by atoms with Crippen LogP contribution in [0, 0.1) is 19.8 Å². The number of aromatic nitrogens is 2. The Bertz CT molecular complexity index is 1360. The summed E-state index contributed by atoms with van der Waals surface area (Å²) in [7, 11) is 0. The van der Waals surface area contributed by atoms with Crippen LogP contribution in [0.1, 0.15) is 24.3 Å². The maximum atomic E-state index is 13.3. The molecule has 0 radical (unpaired) electrons. The number of anilines is 1. The molecule has 170 valence electrons. The van der Waals surface area contributed by atoms with Crippen molar-refractivity contribution in [3.63, 3.8) is 0 Å². The predicted octanol–water partition coefficient (Wildman–Crippen LogP) is 6.13. The van der Waals surface area contributed by atoms with E-state index in [1.807, 2.05) is 68.4 Å². The smallest absolute Gasteiger partial charge is 0.263 e. The fourth-order valence-corrected chi connectivity index (χ4v) is 5.60. The van der Waals surface area contributed by atoms with E-state index in [1.165, 1.54) is 23.1 Å². The number of para-hydroxylation sites is 1. The quantitative estimate of drug-likeness (QED) is 0.257. The summed E-state index contributed by atoms with van der Waals surface area (Å²) in [4.78, 5) is 32.8. The lowest BCUT2D eigenvalue weighted by molar-refractivity contribution is -0.113. The Morgan fingerprint density at radius 1 is 1.09 bits per heavy atom. The van der Waals surface area contributed by atoms with Crippen molar-refractivity contribution in [2.24, 2.45) is 5.92 Å². The van der Waals surface area contributed by atoms with Crippen LogP contribution >= 0.6 is 23.1 Å². The molecule has 0 aliphatic carbocycles. The van der Waals surface area contributed by atoms with Gasteiger partial charge in [0.05, 0.1) is 11.1 Å². The molecule has 0 unspecified atom stereocenters. The summed E-state index contributed by atoms with van der Waals surface area (Å²) in [5, 5.41) is 4.32. The van der Waals surface area contributed by atoms with Crippen LogP contribution in [0.3, 0.4) is 0 Å². The first-order chi connectivity index (χ1) is 15.8. The van der Waals surface area contributed by atoms with Gasteiger partial charge in [0.1, 0.15) is 4.83 Å². The number of hydrogen-bond donors (Lipinski definition) is 1. The third kappa shape index (κ3) is 5.04. The summed E-state index contributed by atoms with van der Waals surface area (Å²) < 4.78 is 1.72. The molecule has 1 amide bonds. The molecule has 2 aromatic heterocycles. The Morgan fingerprint density at radius 2 is 1.79 bits per heavy atom. The molecule has 0 bridgehead atoms. The number of benzene rings is 2. The number of nitrogens with one attached hydrogen (secondary N) is 1. The monoisotopic (exact) mass is 477 g/mol. The van der Waals surface area contributed by atoms with Crippen molar-refractivity contribution >= 4 is 44.9 Å². The molecular weight excluding hydrogens is 450 g/mol. The second-order valence-electron chi connectivity index (χ2n) is 8.42. The van der Waals surface area contributed by atoms with E-state index in [1.54, 1.807) is 4.57 Å². The molecule has 2 aromatic carbocycles. The van der Waals surface area contributed by atoms with E-state index in [0.29, 0.717) is 17.1 Å². The summed E-state index contributed by atoms with van der Waals surface area (Å²) in [5.74, 6) is 0.322. The Balaban J connectivity index is 1.58. The van der Waals surface area contributed by atoms with Crippen molar-refractivity contribution in [3.8, 4) is 11.1 Å². The topological polar surface area (TPSA) is 64.0 Å². The summed E-state index contributed by atoms with van der Waals surface area (Å²) in [6.07, 6.45) is 0. The molecule has 2 heterocycles. The highest BCUT2D eigenvalue weighted by molar-refractivity contribution is 7.99. The molecule has 33 heavy (non-hydrogen) atoms. The molecule has 4 aromatic rings. The zero-order valence-electron chi connectivity index (χ0n) is 19.2. The molecule has 0 spiro atoms. The van der Waals surface area contributed by atoms with Crippen molar-refractivity contribution in [1.82, 2.24) is 9.55 Å². The molecule has 0 fully saturated rings. The number of thiophene rings is 1. The largest absolute Gasteiger partial charge is 0.325 e. The van der Waals surface area contributed by atoms with Gasteiger partial charge in [-0.05, 0) is 37.0 Å². The molecule has 0 saturated carbocycles. The van der Waals surface area contributed by atoms with E-state index in [4.69, 9.17) is 4.98 Å². The fraction of sp³-hybridized carbons (Fsp3) is 0.269. The SMILES string of the molecule is Cc1sc2nc(SCC(=O)Nc3ccccc3-c3ccccc3)n(CC(C)C)c(=O)c2c1C. The molecule has 0 atom stereocenters. The van der Waals surface area contributed by atoms with E-state index < -0.39 is 0 Å². The second-order valence-corrected chi connectivity index (χ2v) is 10.6. The lowest BCUT2D eigenvalue weighted by Crippen LogP contribution is -2.26. The summed E-state index contributed by atoms with van der Waals surface area (Å²) >= 11 is 2.84. The van der Waals surface area contributed by atoms with Crippen LogP contribution in [0.2, 0.25) is 0 Å². The molecule has 5 nitrogen and oxygen atoms in total. The van der Waals surface area contributed by atoms with Crippen molar-refractivity contribution in [3.05, 3.63) is 75.4 Å². The fourth-order valence-electron chi connectivity index (χ4n) is 3.72. The van der Waals surface area contributed by atoms with E-state index in [9.17, 15) is 9.59 Å². The van der Waals surface area contributed by atoms with Gasteiger partial charge in [0.15, 0.2) is 5.16 Å². The molecule has 0 saturated heterocycles. The Labute approximate surface area is 201 Å². The zero-order valence-corrected chi connectivity index (χ0v) is 20.8. The summed E-state index contributed by atoms with van der Waals surface area (Å²) in [6.45, 7) is 8.70.